The van der Waals surface area contributed by atoms with Gasteiger partial charge in [0.2, 0.25) is 0 Å². The van der Waals surface area contributed by atoms with Gasteiger partial charge in [-0.3, -0.25) is 4.98 Å². The lowest BCUT2D eigenvalue weighted by molar-refractivity contribution is 0.479. The van der Waals surface area contributed by atoms with E-state index >= 15 is 0 Å². The summed E-state index contributed by atoms with van der Waals surface area (Å²) in [5.74, 6) is 0.537. The van der Waals surface area contributed by atoms with Crippen molar-refractivity contribution in [2.24, 2.45) is 0 Å². The molecule has 2 atom stereocenters. The predicted octanol–water partition coefficient (Wildman–Crippen LogP) is 3.48. The third-order valence-corrected chi connectivity index (χ3v) is 3.98. The van der Waals surface area contributed by atoms with Crippen molar-refractivity contribution in [3.05, 3.63) is 42.1 Å². The number of rotatable bonds is 4. The number of pyridine rings is 1. The molecule has 0 bridgehead atoms. The highest BCUT2D eigenvalue weighted by atomic mass is 15.0. The number of nitrogens with zero attached hydrogens (tertiary/aromatic N) is 1. The Morgan fingerprint density at radius 1 is 1.22 bits per heavy atom. The van der Waals surface area contributed by atoms with Crippen LogP contribution in [0.25, 0.3) is 10.9 Å². The van der Waals surface area contributed by atoms with E-state index in [0.29, 0.717) is 12.0 Å². The highest BCUT2D eigenvalue weighted by Gasteiger charge is 2.25. The van der Waals surface area contributed by atoms with Gasteiger partial charge in [-0.1, -0.05) is 19.1 Å². The minimum absolute atomic E-state index is 0.534. The van der Waals surface area contributed by atoms with Crippen LogP contribution in [0.1, 0.15) is 38.2 Å². The lowest BCUT2D eigenvalue weighted by Crippen LogP contribution is -2.32. The Balaban J connectivity index is 1.83. The Morgan fingerprint density at radius 2 is 2.06 bits per heavy atom. The van der Waals surface area contributed by atoms with Crippen molar-refractivity contribution in [1.82, 2.24) is 10.3 Å². The van der Waals surface area contributed by atoms with Gasteiger partial charge in [0, 0.05) is 23.7 Å². The average molecular weight is 240 g/mol. The molecule has 1 aliphatic rings. The zero-order chi connectivity index (χ0) is 12.5. The standard InChI is InChI=1S/C16H20N2/c1-11(12(2)18-15-6-7-15)13-5-8-16-14(10-13)4-3-9-17-16/h3-5,8-12,15,18H,6-7H2,1-2H3. The second-order valence-corrected chi connectivity index (χ2v) is 5.47. The summed E-state index contributed by atoms with van der Waals surface area (Å²) in [6.07, 6.45) is 4.54. The van der Waals surface area contributed by atoms with E-state index in [9.17, 15) is 0 Å². The van der Waals surface area contributed by atoms with Crippen LogP contribution in [0.3, 0.4) is 0 Å². The van der Waals surface area contributed by atoms with Crippen LogP contribution in [0.4, 0.5) is 0 Å². The quantitative estimate of drug-likeness (QED) is 0.885. The van der Waals surface area contributed by atoms with Crippen LogP contribution >= 0.6 is 0 Å². The first kappa shape index (κ1) is 11.7. The summed E-state index contributed by atoms with van der Waals surface area (Å²) in [4.78, 5) is 4.37. The van der Waals surface area contributed by atoms with E-state index < -0.39 is 0 Å². The molecule has 1 aromatic heterocycles. The van der Waals surface area contributed by atoms with Crippen LogP contribution in [-0.2, 0) is 0 Å². The zero-order valence-corrected chi connectivity index (χ0v) is 11.1. The topological polar surface area (TPSA) is 24.9 Å². The average Bonchev–Trinajstić information content (AvgIpc) is 3.21. The van der Waals surface area contributed by atoms with Gasteiger partial charge in [0.05, 0.1) is 5.52 Å². The summed E-state index contributed by atoms with van der Waals surface area (Å²) in [7, 11) is 0. The van der Waals surface area contributed by atoms with Crippen molar-refractivity contribution >= 4 is 10.9 Å². The molecule has 1 heterocycles. The van der Waals surface area contributed by atoms with Gasteiger partial charge in [0.1, 0.15) is 0 Å². The van der Waals surface area contributed by atoms with Crippen molar-refractivity contribution in [3.63, 3.8) is 0 Å². The highest BCUT2D eigenvalue weighted by molar-refractivity contribution is 5.79. The van der Waals surface area contributed by atoms with Gasteiger partial charge >= 0.3 is 0 Å². The molecule has 18 heavy (non-hydrogen) atoms. The molecule has 1 saturated carbocycles. The molecular formula is C16H20N2. The fourth-order valence-electron chi connectivity index (χ4n) is 2.43. The predicted molar refractivity (Wildman–Crippen MR) is 75.8 cm³/mol. The maximum absolute atomic E-state index is 4.37. The first-order valence-corrected chi connectivity index (χ1v) is 6.85. The molecule has 0 spiro atoms. The Kier molecular flexibility index (Phi) is 3.04. The Labute approximate surface area is 108 Å². The van der Waals surface area contributed by atoms with E-state index in [1.54, 1.807) is 0 Å². The van der Waals surface area contributed by atoms with Crippen LogP contribution in [0.5, 0.6) is 0 Å². The lowest BCUT2D eigenvalue weighted by Gasteiger charge is -2.22. The first-order chi connectivity index (χ1) is 8.74. The van der Waals surface area contributed by atoms with Gasteiger partial charge in [-0.2, -0.15) is 0 Å². The van der Waals surface area contributed by atoms with E-state index in [0.717, 1.165) is 11.6 Å². The molecule has 0 aliphatic heterocycles. The van der Waals surface area contributed by atoms with Crippen molar-refractivity contribution in [3.8, 4) is 0 Å². The summed E-state index contributed by atoms with van der Waals surface area (Å²) < 4.78 is 0. The largest absolute Gasteiger partial charge is 0.311 e. The number of nitrogens with one attached hydrogen (secondary N) is 1. The molecule has 1 fully saturated rings. The van der Waals surface area contributed by atoms with Gasteiger partial charge in [-0.05, 0) is 49.4 Å². The fraction of sp³-hybridized carbons (Fsp3) is 0.438. The summed E-state index contributed by atoms with van der Waals surface area (Å²) in [6.45, 7) is 4.59. The molecule has 0 amide bonds. The molecule has 1 aromatic carbocycles. The molecular weight excluding hydrogens is 220 g/mol. The monoisotopic (exact) mass is 240 g/mol. The lowest BCUT2D eigenvalue weighted by atomic mass is 9.93. The summed E-state index contributed by atoms with van der Waals surface area (Å²) in [5.41, 5.74) is 2.48. The minimum atomic E-state index is 0.534. The molecule has 1 aliphatic carbocycles. The zero-order valence-electron chi connectivity index (χ0n) is 11.1. The second kappa shape index (κ2) is 4.69. The number of aromatic nitrogens is 1. The molecule has 2 unspecified atom stereocenters. The van der Waals surface area contributed by atoms with Crippen molar-refractivity contribution in [2.75, 3.05) is 0 Å². The minimum Gasteiger partial charge on any atom is -0.311 e. The van der Waals surface area contributed by atoms with E-state index in [2.05, 4.69) is 48.4 Å². The van der Waals surface area contributed by atoms with E-state index in [-0.39, 0.29) is 0 Å². The molecule has 2 nitrogen and oxygen atoms in total. The maximum Gasteiger partial charge on any atom is 0.0702 e. The van der Waals surface area contributed by atoms with Gasteiger partial charge in [-0.25, -0.2) is 0 Å². The number of benzene rings is 1. The molecule has 0 radical (unpaired) electrons. The molecule has 94 valence electrons. The molecule has 1 N–H and O–H groups in total. The third-order valence-electron chi connectivity index (χ3n) is 3.98. The Bertz CT molecular complexity index is 546. The smallest absolute Gasteiger partial charge is 0.0702 e. The third kappa shape index (κ3) is 2.39. The molecule has 2 aromatic rings. The normalized spacial score (nSPS) is 18.8. The van der Waals surface area contributed by atoms with Crippen molar-refractivity contribution in [1.29, 1.82) is 0 Å². The van der Waals surface area contributed by atoms with E-state index in [1.807, 2.05) is 12.3 Å². The Hall–Kier alpha value is -1.41. The van der Waals surface area contributed by atoms with Crippen LogP contribution in [-0.4, -0.2) is 17.1 Å². The summed E-state index contributed by atoms with van der Waals surface area (Å²) in [6, 6.07) is 12.1. The summed E-state index contributed by atoms with van der Waals surface area (Å²) in [5, 5.41) is 4.92. The number of hydrogen-bond acceptors (Lipinski definition) is 2. The number of hydrogen-bond donors (Lipinski definition) is 1. The van der Waals surface area contributed by atoms with Crippen LogP contribution in [0.15, 0.2) is 36.5 Å². The molecule has 3 rings (SSSR count). The van der Waals surface area contributed by atoms with Crippen LogP contribution in [0.2, 0.25) is 0 Å². The highest BCUT2D eigenvalue weighted by Crippen LogP contribution is 2.26. The van der Waals surface area contributed by atoms with Crippen LogP contribution in [0, 0.1) is 0 Å². The SMILES string of the molecule is CC(NC1CC1)C(C)c1ccc2ncccc2c1. The van der Waals surface area contributed by atoms with Crippen LogP contribution < -0.4 is 5.32 Å². The van der Waals surface area contributed by atoms with Gasteiger partial charge in [-0.15, -0.1) is 0 Å². The van der Waals surface area contributed by atoms with E-state index in [4.69, 9.17) is 0 Å². The first-order valence-electron chi connectivity index (χ1n) is 6.85. The van der Waals surface area contributed by atoms with Crippen molar-refractivity contribution < 1.29 is 0 Å². The van der Waals surface area contributed by atoms with Gasteiger partial charge in [0.15, 0.2) is 0 Å². The molecule has 2 heteroatoms. The summed E-state index contributed by atoms with van der Waals surface area (Å²) >= 11 is 0. The number of fused-ring (bicyclic) bond motifs is 1. The van der Waals surface area contributed by atoms with E-state index in [1.165, 1.54) is 23.8 Å². The second-order valence-electron chi connectivity index (χ2n) is 5.47. The Morgan fingerprint density at radius 3 is 2.83 bits per heavy atom. The molecule has 0 saturated heterocycles. The fourth-order valence-corrected chi connectivity index (χ4v) is 2.43. The van der Waals surface area contributed by atoms with Gasteiger partial charge in [0.25, 0.3) is 0 Å². The maximum atomic E-state index is 4.37. The van der Waals surface area contributed by atoms with Gasteiger partial charge < -0.3 is 5.32 Å². The van der Waals surface area contributed by atoms with Crippen molar-refractivity contribution in [2.45, 2.75) is 44.7 Å².